The highest BCUT2D eigenvalue weighted by Gasteiger charge is 2.14. The molecule has 7 heteroatoms. The molecule has 0 fully saturated rings. The number of rotatable bonds is 5. The predicted octanol–water partition coefficient (Wildman–Crippen LogP) is 4.32. The molecule has 0 bridgehead atoms. The number of carbonyl (C=O) groups is 2. The van der Waals surface area contributed by atoms with Crippen molar-refractivity contribution in [3.8, 4) is 10.6 Å². The van der Waals surface area contributed by atoms with Gasteiger partial charge >= 0.3 is 5.97 Å². The average Bonchev–Trinajstić information content (AvgIpc) is 3.10. The van der Waals surface area contributed by atoms with E-state index in [0.29, 0.717) is 21.3 Å². The molecule has 0 radical (unpaired) electrons. The summed E-state index contributed by atoms with van der Waals surface area (Å²) >= 11 is 7.50. The fourth-order valence-electron chi connectivity index (χ4n) is 2.19. The number of aliphatic carboxylic acids is 1. The lowest BCUT2D eigenvalue weighted by Gasteiger charge is -2.05. The lowest BCUT2D eigenvalue weighted by molar-refractivity contribution is -0.132. The van der Waals surface area contributed by atoms with Gasteiger partial charge in [-0.05, 0) is 24.3 Å². The second kappa shape index (κ2) is 7.95. The minimum atomic E-state index is -1.25. The van der Waals surface area contributed by atoms with Gasteiger partial charge in [0.05, 0.1) is 10.7 Å². The fraction of sp³-hybridized carbons (Fsp3) is 0. The van der Waals surface area contributed by atoms with Gasteiger partial charge in [0, 0.05) is 16.5 Å². The molecule has 0 unspecified atom stereocenters. The summed E-state index contributed by atoms with van der Waals surface area (Å²) in [6.45, 7) is 0. The average molecular weight is 385 g/mol. The molecular formula is C19H13ClN2O3S. The number of amides is 1. The van der Waals surface area contributed by atoms with E-state index < -0.39 is 11.9 Å². The van der Waals surface area contributed by atoms with Gasteiger partial charge in [0.2, 0.25) is 0 Å². The van der Waals surface area contributed by atoms with E-state index in [-0.39, 0.29) is 5.70 Å². The number of benzene rings is 2. The first-order chi connectivity index (χ1) is 12.5. The van der Waals surface area contributed by atoms with Crippen molar-refractivity contribution in [2.45, 2.75) is 0 Å². The summed E-state index contributed by atoms with van der Waals surface area (Å²) in [6, 6.07) is 15.7. The summed E-state index contributed by atoms with van der Waals surface area (Å²) in [5.41, 5.74) is 1.31. The standard InChI is InChI=1S/C19H13ClN2O3S/c20-15-9-5-4-8-14(15)18-21-13(11-26-18)10-16(19(24)25)22-17(23)12-6-2-1-3-7-12/h1-11H,(H,22,23)(H,24,25). The Hall–Kier alpha value is -2.96. The molecule has 5 nitrogen and oxygen atoms in total. The third-order valence-electron chi connectivity index (χ3n) is 3.43. The molecule has 0 saturated heterocycles. The molecule has 0 aliphatic carbocycles. The van der Waals surface area contributed by atoms with Crippen molar-refractivity contribution in [1.29, 1.82) is 0 Å². The normalized spacial score (nSPS) is 11.2. The van der Waals surface area contributed by atoms with Crippen molar-refractivity contribution < 1.29 is 14.7 Å². The summed E-state index contributed by atoms with van der Waals surface area (Å²) in [5.74, 6) is -1.75. The zero-order chi connectivity index (χ0) is 18.5. The number of carboxylic acid groups (broad SMARTS) is 1. The highest BCUT2D eigenvalue weighted by molar-refractivity contribution is 7.13. The van der Waals surface area contributed by atoms with E-state index in [1.165, 1.54) is 17.4 Å². The maximum Gasteiger partial charge on any atom is 0.352 e. The molecule has 26 heavy (non-hydrogen) atoms. The SMILES string of the molecule is O=C(O)C(=Cc1csc(-c2ccccc2Cl)n1)NC(=O)c1ccccc1. The van der Waals surface area contributed by atoms with Crippen LogP contribution in [-0.2, 0) is 4.79 Å². The third kappa shape index (κ3) is 4.17. The van der Waals surface area contributed by atoms with E-state index in [2.05, 4.69) is 10.3 Å². The van der Waals surface area contributed by atoms with E-state index in [4.69, 9.17) is 11.6 Å². The molecule has 0 atom stereocenters. The van der Waals surface area contributed by atoms with Gasteiger partial charge < -0.3 is 10.4 Å². The van der Waals surface area contributed by atoms with Gasteiger partial charge in [0.25, 0.3) is 5.91 Å². The van der Waals surface area contributed by atoms with Crippen molar-refractivity contribution >= 4 is 40.9 Å². The number of nitrogens with zero attached hydrogens (tertiary/aromatic N) is 1. The Labute approximate surface area is 158 Å². The zero-order valence-corrected chi connectivity index (χ0v) is 14.9. The summed E-state index contributed by atoms with van der Waals surface area (Å²) in [4.78, 5) is 28.0. The van der Waals surface area contributed by atoms with Crippen molar-refractivity contribution in [3.63, 3.8) is 0 Å². The van der Waals surface area contributed by atoms with Crippen LogP contribution in [0, 0.1) is 0 Å². The minimum absolute atomic E-state index is 0.255. The van der Waals surface area contributed by atoms with Gasteiger partial charge in [-0.1, -0.05) is 48.0 Å². The molecule has 0 aliphatic heterocycles. The molecule has 1 heterocycles. The van der Waals surface area contributed by atoms with Crippen molar-refractivity contribution in [2.24, 2.45) is 0 Å². The number of nitrogens with one attached hydrogen (secondary N) is 1. The number of carboxylic acids is 1. The first-order valence-electron chi connectivity index (χ1n) is 7.56. The lowest BCUT2D eigenvalue weighted by Crippen LogP contribution is -2.27. The van der Waals surface area contributed by atoms with Gasteiger partial charge in [-0.2, -0.15) is 0 Å². The maximum atomic E-state index is 12.2. The second-order valence-corrected chi connectivity index (χ2v) is 6.51. The summed E-state index contributed by atoms with van der Waals surface area (Å²) in [5, 5.41) is 14.7. The number of hydrogen-bond donors (Lipinski definition) is 2. The van der Waals surface area contributed by atoms with Crippen LogP contribution in [0.1, 0.15) is 16.1 Å². The minimum Gasteiger partial charge on any atom is -0.477 e. The maximum absolute atomic E-state index is 12.2. The molecule has 0 saturated carbocycles. The molecule has 3 aromatic rings. The Bertz CT molecular complexity index is 983. The van der Waals surface area contributed by atoms with Crippen molar-refractivity contribution in [2.75, 3.05) is 0 Å². The van der Waals surface area contributed by atoms with E-state index in [0.717, 1.165) is 5.56 Å². The largest absolute Gasteiger partial charge is 0.477 e. The highest BCUT2D eigenvalue weighted by Crippen LogP contribution is 2.30. The summed E-state index contributed by atoms with van der Waals surface area (Å²) in [7, 11) is 0. The van der Waals surface area contributed by atoms with Crippen LogP contribution >= 0.6 is 22.9 Å². The molecule has 0 aliphatic rings. The lowest BCUT2D eigenvalue weighted by atomic mass is 10.2. The third-order valence-corrected chi connectivity index (χ3v) is 4.66. The molecule has 130 valence electrons. The van der Waals surface area contributed by atoms with E-state index >= 15 is 0 Å². The van der Waals surface area contributed by atoms with E-state index in [1.807, 2.05) is 18.2 Å². The van der Waals surface area contributed by atoms with Crippen LogP contribution in [0.4, 0.5) is 0 Å². The quantitative estimate of drug-likeness (QED) is 0.642. The van der Waals surface area contributed by atoms with Gasteiger partial charge in [0.15, 0.2) is 0 Å². The topological polar surface area (TPSA) is 79.3 Å². The first kappa shape index (κ1) is 17.8. The smallest absolute Gasteiger partial charge is 0.352 e. The Balaban J connectivity index is 1.85. The van der Waals surface area contributed by atoms with Gasteiger partial charge in [-0.25, -0.2) is 9.78 Å². The van der Waals surface area contributed by atoms with Gasteiger partial charge in [-0.3, -0.25) is 4.79 Å². The van der Waals surface area contributed by atoms with Crippen molar-refractivity contribution in [1.82, 2.24) is 10.3 Å². The molecule has 2 N–H and O–H groups in total. The van der Waals surface area contributed by atoms with Crippen LogP contribution < -0.4 is 5.32 Å². The molecule has 2 aromatic carbocycles. The monoisotopic (exact) mass is 384 g/mol. The first-order valence-corrected chi connectivity index (χ1v) is 8.82. The Morgan fingerprint density at radius 2 is 1.77 bits per heavy atom. The molecule has 3 rings (SSSR count). The number of halogens is 1. The Kier molecular flexibility index (Phi) is 5.46. The second-order valence-electron chi connectivity index (χ2n) is 5.24. The van der Waals surface area contributed by atoms with Crippen molar-refractivity contribution in [3.05, 3.63) is 82.0 Å². The molecule has 0 spiro atoms. The summed E-state index contributed by atoms with van der Waals surface area (Å²) < 4.78 is 0. The number of carbonyl (C=O) groups excluding carboxylic acids is 1. The summed E-state index contributed by atoms with van der Waals surface area (Å²) in [6.07, 6.45) is 1.32. The van der Waals surface area contributed by atoms with Gasteiger partial charge in [0.1, 0.15) is 10.7 Å². The zero-order valence-electron chi connectivity index (χ0n) is 13.3. The molecule has 1 amide bonds. The van der Waals surface area contributed by atoms with Crippen LogP contribution in [0.15, 0.2) is 65.7 Å². The van der Waals surface area contributed by atoms with Crippen LogP contribution in [0.25, 0.3) is 16.6 Å². The Morgan fingerprint density at radius 1 is 1.08 bits per heavy atom. The number of thiazole rings is 1. The van der Waals surface area contributed by atoms with Crippen LogP contribution in [0.2, 0.25) is 5.02 Å². The fourth-order valence-corrected chi connectivity index (χ4v) is 3.29. The van der Waals surface area contributed by atoms with Crippen LogP contribution in [-0.4, -0.2) is 22.0 Å². The van der Waals surface area contributed by atoms with Crippen LogP contribution in [0.3, 0.4) is 0 Å². The van der Waals surface area contributed by atoms with Crippen LogP contribution in [0.5, 0.6) is 0 Å². The molecular weight excluding hydrogens is 372 g/mol. The number of aromatic nitrogens is 1. The van der Waals surface area contributed by atoms with E-state index in [9.17, 15) is 14.7 Å². The predicted molar refractivity (Wildman–Crippen MR) is 102 cm³/mol. The number of hydrogen-bond acceptors (Lipinski definition) is 4. The highest BCUT2D eigenvalue weighted by atomic mass is 35.5. The van der Waals surface area contributed by atoms with E-state index in [1.54, 1.807) is 41.8 Å². The molecule has 1 aromatic heterocycles. The van der Waals surface area contributed by atoms with Gasteiger partial charge in [-0.15, -0.1) is 11.3 Å². The Morgan fingerprint density at radius 3 is 2.46 bits per heavy atom.